The first-order valence-corrected chi connectivity index (χ1v) is 14.2. The summed E-state index contributed by atoms with van der Waals surface area (Å²) < 4.78 is 5.50. The van der Waals surface area contributed by atoms with Crippen molar-refractivity contribution in [1.29, 1.82) is 0 Å². The Hall–Kier alpha value is -4.38. The van der Waals surface area contributed by atoms with Crippen molar-refractivity contribution in [3.63, 3.8) is 0 Å². The van der Waals surface area contributed by atoms with Crippen LogP contribution in [0.25, 0.3) is 0 Å². The van der Waals surface area contributed by atoms with E-state index in [0.717, 1.165) is 16.7 Å². The fourth-order valence-corrected chi connectivity index (χ4v) is 4.99. The van der Waals surface area contributed by atoms with E-state index in [1.165, 1.54) is 5.56 Å². The maximum absolute atomic E-state index is 13.5. The van der Waals surface area contributed by atoms with Crippen molar-refractivity contribution < 1.29 is 19.4 Å². The minimum Gasteiger partial charge on any atom is -0.507 e. The van der Waals surface area contributed by atoms with Crippen LogP contribution >= 0.6 is 0 Å². The monoisotopic (exact) mass is 563 g/mol. The summed E-state index contributed by atoms with van der Waals surface area (Å²) in [5, 5.41) is 13.7. The summed E-state index contributed by atoms with van der Waals surface area (Å²) in [4.78, 5) is 26.1. The van der Waals surface area contributed by atoms with Gasteiger partial charge in [-0.15, -0.1) is 0 Å². The second kappa shape index (κ2) is 11.5. The van der Waals surface area contributed by atoms with Gasteiger partial charge in [-0.25, -0.2) is 4.79 Å². The second-order valence-electron chi connectivity index (χ2n) is 13.4. The Balaban J connectivity index is 1.46. The summed E-state index contributed by atoms with van der Waals surface area (Å²) in [6, 6.07) is 28.1. The van der Waals surface area contributed by atoms with Crippen molar-refractivity contribution in [3.05, 3.63) is 124 Å². The van der Waals surface area contributed by atoms with Gasteiger partial charge in [-0.05, 0) is 70.5 Å². The molecule has 0 unspecified atom stereocenters. The molecule has 0 aliphatic carbocycles. The molecule has 4 aromatic rings. The largest absolute Gasteiger partial charge is 0.507 e. The van der Waals surface area contributed by atoms with E-state index in [2.05, 4.69) is 31.3 Å². The molecule has 5 heteroatoms. The minimum atomic E-state index is -0.618. The highest BCUT2D eigenvalue weighted by Gasteiger charge is 2.28. The number of hydrogen-bond acceptors (Lipinski definition) is 4. The van der Waals surface area contributed by atoms with E-state index >= 15 is 0 Å². The Morgan fingerprint density at radius 3 is 1.64 bits per heavy atom. The lowest BCUT2D eigenvalue weighted by molar-refractivity contribution is 0.103. The summed E-state index contributed by atoms with van der Waals surface area (Å²) in [7, 11) is 0. The topological polar surface area (TPSA) is 75.6 Å². The van der Waals surface area contributed by atoms with Crippen molar-refractivity contribution >= 4 is 17.6 Å². The SMILES string of the molecule is CC(C)(C)c1cc(C(=O)c2ccc(NC(=O)Oc3ccc(C(C)(C)c4ccccc4)cc3)cc2)cc(C(C)(C)C)c1O. The molecule has 0 aliphatic heterocycles. The van der Waals surface area contributed by atoms with E-state index in [1.54, 1.807) is 48.5 Å². The number of hydrogen-bond donors (Lipinski definition) is 2. The van der Waals surface area contributed by atoms with Crippen LogP contribution in [0.1, 0.15) is 93.6 Å². The summed E-state index contributed by atoms with van der Waals surface area (Å²) in [6.07, 6.45) is -0.618. The molecule has 0 radical (unpaired) electrons. The highest BCUT2D eigenvalue weighted by atomic mass is 16.6. The number of ketones is 1. The molecule has 0 fully saturated rings. The summed E-state index contributed by atoms with van der Waals surface area (Å²) in [6.45, 7) is 16.4. The second-order valence-corrected chi connectivity index (χ2v) is 13.4. The van der Waals surface area contributed by atoms with E-state index in [9.17, 15) is 14.7 Å². The maximum Gasteiger partial charge on any atom is 0.417 e. The minimum absolute atomic E-state index is 0.154. The van der Waals surface area contributed by atoms with Gasteiger partial charge in [-0.3, -0.25) is 10.1 Å². The molecule has 0 bridgehead atoms. The molecule has 4 aromatic carbocycles. The van der Waals surface area contributed by atoms with Gasteiger partial charge in [0.1, 0.15) is 11.5 Å². The molecule has 42 heavy (non-hydrogen) atoms. The van der Waals surface area contributed by atoms with Gasteiger partial charge in [0.2, 0.25) is 0 Å². The number of amides is 1. The van der Waals surface area contributed by atoms with Crippen molar-refractivity contribution in [2.75, 3.05) is 5.32 Å². The van der Waals surface area contributed by atoms with Crippen molar-refractivity contribution in [2.45, 2.75) is 71.6 Å². The average molecular weight is 564 g/mol. The zero-order chi connectivity index (χ0) is 30.9. The van der Waals surface area contributed by atoms with Gasteiger partial charge in [0.25, 0.3) is 0 Å². The van der Waals surface area contributed by atoms with Crippen LogP contribution in [0, 0.1) is 0 Å². The Morgan fingerprint density at radius 1 is 0.643 bits per heavy atom. The molecule has 2 N–H and O–H groups in total. The predicted molar refractivity (Wildman–Crippen MR) is 170 cm³/mol. The van der Waals surface area contributed by atoms with Gasteiger partial charge in [-0.1, -0.05) is 97.9 Å². The molecule has 0 saturated carbocycles. The van der Waals surface area contributed by atoms with Gasteiger partial charge in [0, 0.05) is 33.4 Å². The molecule has 5 nitrogen and oxygen atoms in total. The van der Waals surface area contributed by atoms with Crippen LogP contribution in [0.4, 0.5) is 10.5 Å². The first-order chi connectivity index (χ1) is 19.6. The van der Waals surface area contributed by atoms with E-state index in [-0.39, 0.29) is 27.8 Å². The number of rotatable bonds is 6. The van der Waals surface area contributed by atoms with E-state index in [1.807, 2.05) is 71.9 Å². The third-order valence-electron chi connectivity index (χ3n) is 7.66. The Kier molecular flexibility index (Phi) is 8.36. The highest BCUT2D eigenvalue weighted by Crippen LogP contribution is 2.40. The van der Waals surface area contributed by atoms with E-state index in [0.29, 0.717) is 22.6 Å². The van der Waals surface area contributed by atoms with Crippen LogP contribution in [0.3, 0.4) is 0 Å². The average Bonchev–Trinajstić information content (AvgIpc) is 2.92. The zero-order valence-electron chi connectivity index (χ0n) is 25.8. The molecule has 0 aliphatic rings. The number of ether oxygens (including phenoxy) is 1. The molecule has 0 atom stereocenters. The quantitative estimate of drug-likeness (QED) is 0.229. The van der Waals surface area contributed by atoms with Crippen molar-refractivity contribution in [1.82, 2.24) is 0 Å². The molecule has 4 rings (SSSR count). The van der Waals surface area contributed by atoms with Gasteiger partial charge < -0.3 is 9.84 Å². The number of carbonyl (C=O) groups excluding carboxylic acids is 2. The van der Waals surface area contributed by atoms with Crippen LogP contribution in [0.15, 0.2) is 91.0 Å². The molecular weight excluding hydrogens is 522 g/mol. The third kappa shape index (κ3) is 6.73. The lowest BCUT2D eigenvalue weighted by Crippen LogP contribution is -2.19. The van der Waals surface area contributed by atoms with Crippen LogP contribution in [-0.2, 0) is 16.2 Å². The fourth-order valence-electron chi connectivity index (χ4n) is 4.99. The number of carbonyl (C=O) groups is 2. The maximum atomic E-state index is 13.5. The number of benzene rings is 4. The molecular formula is C37H41NO4. The first kappa shape index (κ1) is 30.6. The molecule has 1 amide bonds. The lowest BCUT2D eigenvalue weighted by Gasteiger charge is -2.28. The number of anilines is 1. The number of phenols is 1. The fraction of sp³-hybridized carbons (Fsp3) is 0.297. The molecule has 0 aromatic heterocycles. The van der Waals surface area contributed by atoms with Gasteiger partial charge in [-0.2, -0.15) is 0 Å². The summed E-state index contributed by atoms with van der Waals surface area (Å²) in [5.74, 6) is 0.515. The predicted octanol–water partition coefficient (Wildman–Crippen LogP) is 9.16. The van der Waals surface area contributed by atoms with Crippen LogP contribution in [0.5, 0.6) is 11.5 Å². The van der Waals surface area contributed by atoms with Crippen LogP contribution < -0.4 is 10.1 Å². The van der Waals surface area contributed by atoms with Gasteiger partial charge >= 0.3 is 6.09 Å². The van der Waals surface area contributed by atoms with E-state index in [4.69, 9.17) is 4.74 Å². The number of nitrogens with one attached hydrogen (secondary N) is 1. The summed E-state index contributed by atoms with van der Waals surface area (Å²) >= 11 is 0. The Labute approximate surface area is 249 Å². The van der Waals surface area contributed by atoms with Crippen LogP contribution in [-0.4, -0.2) is 17.0 Å². The van der Waals surface area contributed by atoms with Crippen LogP contribution in [0.2, 0.25) is 0 Å². The van der Waals surface area contributed by atoms with Gasteiger partial charge in [0.15, 0.2) is 5.78 Å². The molecule has 0 heterocycles. The van der Waals surface area contributed by atoms with Gasteiger partial charge in [0.05, 0.1) is 0 Å². The highest BCUT2D eigenvalue weighted by molar-refractivity contribution is 6.09. The molecule has 0 spiro atoms. The molecule has 218 valence electrons. The third-order valence-corrected chi connectivity index (χ3v) is 7.66. The standard InChI is InChI=1S/C37H41NO4/c1-35(2,3)30-22-25(23-31(33(30)40)36(4,5)6)32(39)24-14-18-28(19-15-24)38-34(41)42-29-20-16-27(17-21-29)37(7,8)26-12-10-9-11-13-26/h9-23,40H,1-8H3,(H,38,41). The zero-order valence-corrected chi connectivity index (χ0v) is 25.8. The Bertz CT molecular complexity index is 1540. The van der Waals surface area contributed by atoms with Crippen molar-refractivity contribution in [2.24, 2.45) is 0 Å². The van der Waals surface area contributed by atoms with Crippen molar-refractivity contribution in [3.8, 4) is 11.5 Å². The lowest BCUT2D eigenvalue weighted by atomic mass is 9.77. The Morgan fingerprint density at radius 2 is 1.14 bits per heavy atom. The first-order valence-electron chi connectivity index (χ1n) is 14.2. The smallest absolute Gasteiger partial charge is 0.417 e. The number of phenolic OH excluding ortho intramolecular Hbond substituents is 1. The molecule has 0 saturated heterocycles. The number of aromatic hydroxyl groups is 1. The van der Waals surface area contributed by atoms with E-state index < -0.39 is 6.09 Å². The summed E-state index contributed by atoms with van der Waals surface area (Å²) in [5.41, 5.74) is 4.41. The normalized spacial score (nSPS) is 12.1.